The SMILES string of the molecule is Cc1c(CCc2ccc(C(=O)c3ccc(Cl)cc3)cc2)nc2n(c1=O)CCS2. The van der Waals surface area contributed by atoms with Crippen molar-refractivity contribution in [3.05, 3.63) is 91.9 Å². The van der Waals surface area contributed by atoms with E-state index in [9.17, 15) is 9.59 Å². The smallest absolute Gasteiger partial charge is 0.257 e. The summed E-state index contributed by atoms with van der Waals surface area (Å²) >= 11 is 7.52. The third-order valence-electron chi connectivity index (χ3n) is 4.98. The van der Waals surface area contributed by atoms with Crippen LogP contribution in [-0.2, 0) is 19.4 Å². The van der Waals surface area contributed by atoms with E-state index in [1.807, 2.05) is 31.2 Å². The number of benzene rings is 2. The molecule has 1 aliphatic rings. The van der Waals surface area contributed by atoms with Gasteiger partial charge in [-0.05, 0) is 49.6 Å². The predicted octanol–water partition coefficient (Wildman–Crippen LogP) is 4.33. The molecule has 1 aliphatic heterocycles. The van der Waals surface area contributed by atoms with Crippen molar-refractivity contribution in [2.24, 2.45) is 0 Å². The zero-order valence-corrected chi connectivity index (χ0v) is 17.0. The van der Waals surface area contributed by atoms with Gasteiger partial charge in [0.15, 0.2) is 10.9 Å². The molecule has 0 amide bonds. The molecule has 0 saturated heterocycles. The lowest BCUT2D eigenvalue weighted by Crippen LogP contribution is -2.24. The van der Waals surface area contributed by atoms with Gasteiger partial charge in [0.1, 0.15) is 0 Å². The molecule has 28 heavy (non-hydrogen) atoms. The van der Waals surface area contributed by atoms with E-state index in [0.717, 1.165) is 40.7 Å². The topological polar surface area (TPSA) is 52.0 Å². The van der Waals surface area contributed by atoms with Gasteiger partial charge in [-0.25, -0.2) is 4.98 Å². The van der Waals surface area contributed by atoms with Crippen LogP contribution < -0.4 is 5.56 Å². The number of rotatable bonds is 5. The lowest BCUT2D eigenvalue weighted by molar-refractivity contribution is 0.103. The van der Waals surface area contributed by atoms with Gasteiger partial charge in [0.05, 0.1) is 5.69 Å². The zero-order valence-electron chi connectivity index (χ0n) is 15.4. The average Bonchev–Trinajstić information content (AvgIpc) is 3.19. The molecule has 6 heteroatoms. The average molecular weight is 411 g/mol. The number of hydrogen-bond donors (Lipinski definition) is 0. The maximum atomic E-state index is 12.5. The van der Waals surface area contributed by atoms with E-state index in [0.29, 0.717) is 22.6 Å². The Morgan fingerprint density at radius 3 is 2.39 bits per heavy atom. The monoisotopic (exact) mass is 410 g/mol. The van der Waals surface area contributed by atoms with Crippen LogP contribution in [0, 0.1) is 6.92 Å². The molecule has 0 bridgehead atoms. The minimum absolute atomic E-state index is 0.0237. The second-order valence-corrected chi connectivity index (χ2v) is 8.30. The molecule has 2 heterocycles. The number of hydrogen-bond acceptors (Lipinski definition) is 4. The van der Waals surface area contributed by atoms with Crippen molar-refractivity contribution in [1.29, 1.82) is 0 Å². The molecule has 0 unspecified atom stereocenters. The Kier molecular flexibility index (Phi) is 5.38. The molecule has 0 radical (unpaired) electrons. The number of halogens is 1. The van der Waals surface area contributed by atoms with E-state index in [2.05, 4.69) is 4.98 Å². The summed E-state index contributed by atoms with van der Waals surface area (Å²) in [5.41, 5.74) is 4.06. The van der Waals surface area contributed by atoms with E-state index >= 15 is 0 Å². The summed E-state index contributed by atoms with van der Waals surface area (Å²) in [6.45, 7) is 2.60. The summed E-state index contributed by atoms with van der Waals surface area (Å²) in [5, 5.41) is 1.44. The van der Waals surface area contributed by atoms with Crippen molar-refractivity contribution in [2.75, 3.05) is 5.75 Å². The quantitative estimate of drug-likeness (QED) is 0.464. The Morgan fingerprint density at radius 1 is 1.07 bits per heavy atom. The first-order valence-corrected chi connectivity index (χ1v) is 10.5. The van der Waals surface area contributed by atoms with Crippen molar-refractivity contribution in [3.8, 4) is 0 Å². The maximum absolute atomic E-state index is 12.5. The van der Waals surface area contributed by atoms with E-state index in [1.165, 1.54) is 0 Å². The van der Waals surface area contributed by atoms with Gasteiger partial charge in [0.25, 0.3) is 5.56 Å². The molecule has 0 N–H and O–H groups in total. The maximum Gasteiger partial charge on any atom is 0.257 e. The van der Waals surface area contributed by atoms with Crippen molar-refractivity contribution >= 4 is 29.1 Å². The molecule has 0 aliphatic carbocycles. The van der Waals surface area contributed by atoms with Crippen LogP contribution >= 0.6 is 23.4 Å². The molecular weight excluding hydrogens is 392 g/mol. The van der Waals surface area contributed by atoms with Gasteiger partial charge >= 0.3 is 0 Å². The van der Waals surface area contributed by atoms with Gasteiger partial charge < -0.3 is 0 Å². The zero-order chi connectivity index (χ0) is 19.7. The summed E-state index contributed by atoms with van der Waals surface area (Å²) < 4.78 is 1.76. The number of thioether (sulfide) groups is 1. The predicted molar refractivity (Wildman–Crippen MR) is 113 cm³/mol. The lowest BCUT2D eigenvalue weighted by Gasteiger charge is -2.09. The molecule has 4 nitrogen and oxygen atoms in total. The number of carbonyl (C=O) groups excluding carboxylic acids is 1. The van der Waals surface area contributed by atoms with Crippen LogP contribution in [0.15, 0.2) is 58.5 Å². The second kappa shape index (κ2) is 7.94. The number of ketones is 1. The molecule has 2 aromatic carbocycles. The Morgan fingerprint density at radius 2 is 1.71 bits per heavy atom. The van der Waals surface area contributed by atoms with E-state index in [-0.39, 0.29) is 11.3 Å². The van der Waals surface area contributed by atoms with Crippen LogP contribution in [0.2, 0.25) is 5.02 Å². The van der Waals surface area contributed by atoms with Crippen LogP contribution in [0.3, 0.4) is 0 Å². The highest BCUT2D eigenvalue weighted by Gasteiger charge is 2.18. The second-order valence-electron chi connectivity index (χ2n) is 6.80. The molecule has 3 aromatic rings. The summed E-state index contributed by atoms with van der Waals surface area (Å²) in [7, 11) is 0. The molecule has 0 atom stereocenters. The number of carbonyl (C=O) groups is 1. The summed E-state index contributed by atoms with van der Waals surface area (Å²) in [6.07, 6.45) is 1.48. The first kappa shape index (κ1) is 19.0. The fourth-order valence-electron chi connectivity index (χ4n) is 3.30. The van der Waals surface area contributed by atoms with Crippen LogP contribution in [0.1, 0.15) is 32.7 Å². The molecule has 0 saturated carbocycles. The Labute approximate surface area is 172 Å². The number of aromatic nitrogens is 2. The first-order chi connectivity index (χ1) is 13.5. The molecule has 0 spiro atoms. The highest BCUT2D eigenvalue weighted by atomic mass is 35.5. The van der Waals surface area contributed by atoms with Crippen LogP contribution in [0.25, 0.3) is 0 Å². The van der Waals surface area contributed by atoms with Gasteiger partial charge in [0.2, 0.25) is 0 Å². The normalized spacial score (nSPS) is 12.8. The van der Waals surface area contributed by atoms with Gasteiger partial charge in [0, 0.05) is 34.0 Å². The van der Waals surface area contributed by atoms with Crippen molar-refractivity contribution in [1.82, 2.24) is 9.55 Å². The van der Waals surface area contributed by atoms with Gasteiger partial charge in [-0.2, -0.15) is 0 Å². The highest BCUT2D eigenvalue weighted by Crippen LogP contribution is 2.23. The van der Waals surface area contributed by atoms with Crippen LogP contribution in [0.4, 0.5) is 0 Å². The standard InChI is InChI=1S/C22H19ClN2O2S/c1-14-19(24-22-25(21(14)27)12-13-28-22)11-4-15-2-5-16(6-3-15)20(26)17-7-9-18(23)10-8-17/h2-3,5-10H,4,11-13H2,1H3. The Hall–Kier alpha value is -2.37. The van der Waals surface area contributed by atoms with Gasteiger partial charge in [-0.3, -0.25) is 14.2 Å². The van der Waals surface area contributed by atoms with Crippen molar-refractivity contribution in [2.45, 2.75) is 31.5 Å². The largest absolute Gasteiger partial charge is 0.289 e. The lowest BCUT2D eigenvalue weighted by atomic mass is 10.00. The summed E-state index contributed by atoms with van der Waals surface area (Å²) in [4.78, 5) is 29.7. The Bertz CT molecular complexity index is 1090. The minimum Gasteiger partial charge on any atom is -0.289 e. The third-order valence-corrected chi connectivity index (χ3v) is 6.19. The van der Waals surface area contributed by atoms with Crippen molar-refractivity contribution in [3.63, 3.8) is 0 Å². The minimum atomic E-state index is -0.0237. The molecular formula is C22H19ClN2O2S. The molecule has 1 aromatic heterocycles. The number of aryl methyl sites for hydroxylation is 2. The first-order valence-electron chi connectivity index (χ1n) is 9.15. The Balaban J connectivity index is 1.47. The fourth-order valence-corrected chi connectivity index (χ4v) is 4.39. The van der Waals surface area contributed by atoms with E-state index < -0.39 is 0 Å². The van der Waals surface area contributed by atoms with E-state index in [4.69, 9.17) is 11.6 Å². The van der Waals surface area contributed by atoms with Crippen LogP contribution in [-0.4, -0.2) is 21.1 Å². The number of fused-ring (bicyclic) bond motifs is 1. The van der Waals surface area contributed by atoms with Gasteiger partial charge in [-0.1, -0.05) is 47.6 Å². The summed E-state index contributed by atoms with van der Waals surface area (Å²) in [5.74, 6) is 0.887. The summed E-state index contributed by atoms with van der Waals surface area (Å²) in [6, 6.07) is 14.5. The highest BCUT2D eigenvalue weighted by molar-refractivity contribution is 7.99. The molecule has 4 rings (SSSR count). The van der Waals surface area contributed by atoms with Gasteiger partial charge in [-0.15, -0.1) is 0 Å². The fraction of sp³-hybridized carbons (Fsp3) is 0.227. The van der Waals surface area contributed by atoms with Crippen LogP contribution in [0.5, 0.6) is 0 Å². The van der Waals surface area contributed by atoms with Crippen molar-refractivity contribution < 1.29 is 4.79 Å². The van der Waals surface area contributed by atoms with E-state index in [1.54, 1.807) is 40.6 Å². The number of nitrogens with zero attached hydrogens (tertiary/aromatic N) is 2. The molecule has 0 fully saturated rings. The third kappa shape index (κ3) is 3.77. The molecule has 142 valence electrons.